The molecule has 4 heteroatoms. The van der Waals surface area contributed by atoms with Gasteiger partial charge in [-0.05, 0) is 12.5 Å². The molecule has 1 N–H and O–H groups in total. The van der Waals surface area contributed by atoms with Crippen molar-refractivity contribution in [1.29, 1.82) is 0 Å². The van der Waals surface area contributed by atoms with Crippen molar-refractivity contribution in [3.05, 3.63) is 36.9 Å². The summed E-state index contributed by atoms with van der Waals surface area (Å²) in [4.78, 5) is 7.95. The molecule has 1 rings (SSSR count). The molecule has 4 nitrogen and oxygen atoms in total. The first kappa shape index (κ1) is 11.8. The van der Waals surface area contributed by atoms with E-state index in [-0.39, 0.29) is 0 Å². The van der Waals surface area contributed by atoms with Gasteiger partial charge in [-0.2, -0.15) is 0 Å². The van der Waals surface area contributed by atoms with E-state index < -0.39 is 0 Å². The number of aromatic nitrogens is 2. The lowest BCUT2D eigenvalue weighted by atomic mass is 10.4. The van der Waals surface area contributed by atoms with Crippen LogP contribution in [0.5, 0.6) is 0 Å². The molecule has 0 atom stereocenters. The summed E-state index contributed by atoms with van der Waals surface area (Å²) in [6.45, 7) is 6.69. The van der Waals surface area contributed by atoms with Crippen LogP contribution < -0.4 is 5.32 Å². The van der Waals surface area contributed by atoms with Crippen LogP contribution in [0.4, 0.5) is 0 Å². The third-order valence-corrected chi connectivity index (χ3v) is 1.84. The van der Waals surface area contributed by atoms with E-state index in [1.807, 2.05) is 12.1 Å². The van der Waals surface area contributed by atoms with Crippen LogP contribution in [0.1, 0.15) is 12.1 Å². The maximum Gasteiger partial charge on any atom is 0.115 e. The minimum Gasteiger partial charge on any atom is -0.380 e. The Hall–Kier alpha value is -1.26. The molecular weight excluding hydrogens is 190 g/mol. The highest BCUT2D eigenvalue weighted by atomic mass is 16.5. The van der Waals surface area contributed by atoms with E-state index in [9.17, 15) is 0 Å². The summed E-state index contributed by atoms with van der Waals surface area (Å²) in [5.74, 6) is 0. The van der Waals surface area contributed by atoms with Crippen molar-refractivity contribution in [2.24, 2.45) is 0 Å². The van der Waals surface area contributed by atoms with Gasteiger partial charge >= 0.3 is 0 Å². The maximum atomic E-state index is 5.35. The van der Waals surface area contributed by atoms with Crippen molar-refractivity contribution in [3.8, 4) is 0 Å². The van der Waals surface area contributed by atoms with Crippen LogP contribution >= 0.6 is 0 Å². The van der Waals surface area contributed by atoms with Crippen LogP contribution in [-0.2, 0) is 11.3 Å². The molecule has 1 heterocycles. The molecule has 0 radical (unpaired) electrons. The van der Waals surface area contributed by atoms with E-state index in [1.54, 1.807) is 12.5 Å². The molecule has 1 aromatic heterocycles. The van der Waals surface area contributed by atoms with Crippen LogP contribution in [0.3, 0.4) is 0 Å². The second-order valence-electron chi connectivity index (χ2n) is 3.07. The Morgan fingerprint density at radius 2 is 2.40 bits per heavy atom. The number of nitrogens with zero attached hydrogens (tertiary/aromatic N) is 2. The van der Waals surface area contributed by atoms with E-state index in [4.69, 9.17) is 4.74 Å². The maximum absolute atomic E-state index is 5.35. The third kappa shape index (κ3) is 5.93. The fourth-order valence-corrected chi connectivity index (χ4v) is 1.05. The molecule has 82 valence electrons. The zero-order valence-electron chi connectivity index (χ0n) is 8.85. The summed E-state index contributed by atoms with van der Waals surface area (Å²) in [6.07, 6.45) is 6.06. The topological polar surface area (TPSA) is 47.0 Å². The summed E-state index contributed by atoms with van der Waals surface area (Å²) in [5, 5.41) is 3.24. The van der Waals surface area contributed by atoms with Gasteiger partial charge < -0.3 is 10.1 Å². The van der Waals surface area contributed by atoms with Gasteiger partial charge in [0, 0.05) is 19.3 Å². The fourth-order valence-electron chi connectivity index (χ4n) is 1.05. The third-order valence-electron chi connectivity index (χ3n) is 1.84. The first-order valence-corrected chi connectivity index (χ1v) is 5.07. The van der Waals surface area contributed by atoms with E-state index in [0.717, 1.165) is 38.4 Å². The first-order valence-electron chi connectivity index (χ1n) is 5.07. The van der Waals surface area contributed by atoms with Crippen molar-refractivity contribution >= 4 is 0 Å². The molecule has 0 bridgehead atoms. The minimum atomic E-state index is 0.721. The van der Waals surface area contributed by atoms with E-state index in [1.165, 1.54) is 0 Å². The van der Waals surface area contributed by atoms with Crippen LogP contribution in [-0.4, -0.2) is 29.7 Å². The van der Waals surface area contributed by atoms with E-state index >= 15 is 0 Å². The zero-order valence-corrected chi connectivity index (χ0v) is 8.85. The quantitative estimate of drug-likeness (QED) is 0.513. The molecule has 0 aliphatic rings. The van der Waals surface area contributed by atoms with Crippen molar-refractivity contribution < 1.29 is 4.74 Å². The summed E-state index contributed by atoms with van der Waals surface area (Å²) >= 11 is 0. The number of hydrogen-bond acceptors (Lipinski definition) is 4. The second kappa shape index (κ2) is 8.08. The highest BCUT2D eigenvalue weighted by molar-refractivity contribution is 4.96. The molecule has 0 aromatic carbocycles. The van der Waals surface area contributed by atoms with Gasteiger partial charge in [0.25, 0.3) is 0 Å². The predicted octanol–water partition coefficient (Wildman–Crippen LogP) is 1.16. The summed E-state index contributed by atoms with van der Waals surface area (Å²) < 4.78 is 5.35. The lowest BCUT2D eigenvalue weighted by molar-refractivity contribution is 0.140. The van der Waals surface area contributed by atoms with Crippen molar-refractivity contribution in [2.75, 3.05) is 19.8 Å². The average Bonchev–Trinajstić information content (AvgIpc) is 2.29. The van der Waals surface area contributed by atoms with Crippen LogP contribution in [0.15, 0.2) is 31.2 Å². The molecule has 0 saturated heterocycles. The SMILES string of the molecule is C=CCCOCCNCc1ccncn1. The Morgan fingerprint density at radius 3 is 3.13 bits per heavy atom. The van der Waals surface area contributed by atoms with Crippen molar-refractivity contribution in [2.45, 2.75) is 13.0 Å². The van der Waals surface area contributed by atoms with Crippen LogP contribution in [0.2, 0.25) is 0 Å². The van der Waals surface area contributed by atoms with Crippen molar-refractivity contribution in [1.82, 2.24) is 15.3 Å². The molecule has 0 aliphatic heterocycles. The molecule has 0 fully saturated rings. The monoisotopic (exact) mass is 207 g/mol. The standard InChI is InChI=1S/C11H17N3O/c1-2-3-7-15-8-6-12-9-11-4-5-13-10-14-11/h2,4-5,10,12H,1,3,6-9H2. The molecule has 0 saturated carbocycles. The van der Waals surface area contributed by atoms with Crippen LogP contribution in [0.25, 0.3) is 0 Å². The Labute approximate surface area is 90.4 Å². The smallest absolute Gasteiger partial charge is 0.115 e. The molecular formula is C11H17N3O. The van der Waals surface area contributed by atoms with Crippen molar-refractivity contribution in [3.63, 3.8) is 0 Å². The molecule has 0 unspecified atom stereocenters. The highest BCUT2D eigenvalue weighted by Gasteiger charge is 1.92. The summed E-state index contributed by atoms with van der Waals surface area (Å²) in [6, 6.07) is 1.89. The Morgan fingerprint density at radius 1 is 1.47 bits per heavy atom. The molecule has 0 amide bonds. The van der Waals surface area contributed by atoms with Gasteiger partial charge in [-0.25, -0.2) is 9.97 Å². The van der Waals surface area contributed by atoms with Gasteiger partial charge in [0.15, 0.2) is 0 Å². The minimum absolute atomic E-state index is 0.721. The highest BCUT2D eigenvalue weighted by Crippen LogP contribution is 1.89. The van der Waals surface area contributed by atoms with E-state index in [2.05, 4.69) is 21.9 Å². The molecule has 1 aromatic rings. The van der Waals surface area contributed by atoms with E-state index in [0.29, 0.717) is 0 Å². The first-order chi connectivity index (χ1) is 7.43. The van der Waals surface area contributed by atoms with Gasteiger partial charge in [0.05, 0.1) is 18.9 Å². The summed E-state index contributed by atoms with van der Waals surface area (Å²) in [7, 11) is 0. The Balaban J connectivity index is 1.95. The van der Waals surface area contributed by atoms with Gasteiger partial charge in [-0.3, -0.25) is 0 Å². The zero-order chi connectivity index (χ0) is 10.8. The molecule has 0 spiro atoms. The van der Waals surface area contributed by atoms with Gasteiger partial charge in [-0.15, -0.1) is 6.58 Å². The fraction of sp³-hybridized carbons (Fsp3) is 0.455. The molecule has 15 heavy (non-hydrogen) atoms. The number of ether oxygens (including phenoxy) is 1. The number of hydrogen-bond donors (Lipinski definition) is 1. The lowest BCUT2D eigenvalue weighted by Gasteiger charge is -2.04. The van der Waals surface area contributed by atoms with Crippen LogP contribution in [0, 0.1) is 0 Å². The van der Waals surface area contributed by atoms with Gasteiger partial charge in [0.2, 0.25) is 0 Å². The second-order valence-corrected chi connectivity index (χ2v) is 3.07. The van der Waals surface area contributed by atoms with Gasteiger partial charge in [-0.1, -0.05) is 6.08 Å². The van der Waals surface area contributed by atoms with Gasteiger partial charge in [0.1, 0.15) is 6.33 Å². The predicted molar refractivity (Wildman–Crippen MR) is 59.4 cm³/mol. The normalized spacial score (nSPS) is 10.1. The number of rotatable bonds is 8. The Kier molecular flexibility index (Phi) is 6.36. The number of nitrogens with one attached hydrogen (secondary N) is 1. The Bertz CT molecular complexity index is 264. The lowest BCUT2D eigenvalue weighted by Crippen LogP contribution is -2.20. The molecule has 0 aliphatic carbocycles. The largest absolute Gasteiger partial charge is 0.380 e. The summed E-state index contributed by atoms with van der Waals surface area (Å²) in [5.41, 5.74) is 0.996. The average molecular weight is 207 g/mol.